The van der Waals surface area contributed by atoms with Crippen molar-refractivity contribution in [2.45, 2.75) is 26.7 Å². The number of aryl methyl sites for hydroxylation is 1. The summed E-state index contributed by atoms with van der Waals surface area (Å²) in [6.07, 6.45) is 1.45. The first-order chi connectivity index (χ1) is 10.2. The molecule has 0 saturated carbocycles. The largest absolute Gasteiger partial charge is 0.299 e. The Labute approximate surface area is 131 Å². The van der Waals surface area contributed by atoms with Crippen molar-refractivity contribution in [3.8, 4) is 0 Å². The fourth-order valence-electron chi connectivity index (χ4n) is 2.38. The summed E-state index contributed by atoms with van der Waals surface area (Å²) in [6.45, 7) is 4.18. The van der Waals surface area contributed by atoms with Crippen LogP contribution in [0.15, 0.2) is 18.2 Å². The topological polar surface area (TPSA) is 95.6 Å². The van der Waals surface area contributed by atoms with E-state index in [9.17, 15) is 16.8 Å². The molecule has 0 unspecified atom stereocenters. The summed E-state index contributed by atoms with van der Waals surface area (Å²) in [4.78, 5) is 0. The van der Waals surface area contributed by atoms with Gasteiger partial charge in [-0.15, -0.1) is 0 Å². The van der Waals surface area contributed by atoms with Crippen LogP contribution in [0.5, 0.6) is 0 Å². The second kappa shape index (κ2) is 6.43. The number of anilines is 2. The number of rotatable bonds is 5. The second-order valence-corrected chi connectivity index (χ2v) is 8.71. The molecule has 0 aliphatic carbocycles. The SMILES string of the molecule is CCNS(=O)(=O)Nc1ccc(C)c(N2CCCCS2(=O)=O)c1. The van der Waals surface area contributed by atoms with Crippen molar-refractivity contribution in [3.05, 3.63) is 23.8 Å². The van der Waals surface area contributed by atoms with Crippen LogP contribution in [0.2, 0.25) is 0 Å². The average molecular weight is 347 g/mol. The zero-order valence-corrected chi connectivity index (χ0v) is 14.3. The predicted molar refractivity (Wildman–Crippen MR) is 87.8 cm³/mol. The first kappa shape index (κ1) is 17.0. The maximum Gasteiger partial charge on any atom is 0.299 e. The third kappa shape index (κ3) is 3.90. The van der Waals surface area contributed by atoms with E-state index in [1.165, 1.54) is 4.31 Å². The molecule has 7 nitrogen and oxygen atoms in total. The van der Waals surface area contributed by atoms with Gasteiger partial charge in [0.25, 0.3) is 10.2 Å². The lowest BCUT2D eigenvalue weighted by atomic mass is 10.1. The van der Waals surface area contributed by atoms with Gasteiger partial charge < -0.3 is 0 Å². The molecule has 1 heterocycles. The van der Waals surface area contributed by atoms with E-state index in [1.54, 1.807) is 25.1 Å². The van der Waals surface area contributed by atoms with Crippen LogP contribution in [0, 0.1) is 6.92 Å². The van der Waals surface area contributed by atoms with E-state index >= 15 is 0 Å². The molecule has 1 aliphatic rings. The Morgan fingerprint density at radius 3 is 2.64 bits per heavy atom. The quantitative estimate of drug-likeness (QED) is 0.836. The Morgan fingerprint density at radius 2 is 2.00 bits per heavy atom. The minimum Gasteiger partial charge on any atom is -0.271 e. The third-order valence-electron chi connectivity index (χ3n) is 3.41. The van der Waals surface area contributed by atoms with E-state index in [0.29, 0.717) is 24.3 Å². The minimum absolute atomic E-state index is 0.125. The van der Waals surface area contributed by atoms with E-state index in [-0.39, 0.29) is 12.3 Å². The fourth-order valence-corrected chi connectivity index (χ4v) is 4.96. The number of hydrogen-bond acceptors (Lipinski definition) is 4. The smallest absolute Gasteiger partial charge is 0.271 e. The number of nitrogens with one attached hydrogen (secondary N) is 2. The van der Waals surface area contributed by atoms with Gasteiger partial charge in [0.1, 0.15) is 0 Å². The van der Waals surface area contributed by atoms with E-state index in [4.69, 9.17) is 0 Å². The summed E-state index contributed by atoms with van der Waals surface area (Å²) >= 11 is 0. The van der Waals surface area contributed by atoms with Gasteiger partial charge in [-0.05, 0) is 37.5 Å². The summed E-state index contributed by atoms with van der Waals surface area (Å²) in [5, 5.41) is 0. The molecule has 124 valence electrons. The van der Waals surface area contributed by atoms with Crippen LogP contribution in [0.3, 0.4) is 0 Å². The average Bonchev–Trinajstić information content (AvgIpc) is 2.40. The number of benzene rings is 1. The van der Waals surface area contributed by atoms with Crippen molar-refractivity contribution < 1.29 is 16.8 Å². The summed E-state index contributed by atoms with van der Waals surface area (Å²) in [5.41, 5.74) is 1.65. The second-order valence-electron chi connectivity index (χ2n) is 5.20. The normalized spacial score (nSPS) is 18.2. The summed E-state index contributed by atoms with van der Waals surface area (Å²) in [5.74, 6) is 0.125. The van der Waals surface area contributed by atoms with Gasteiger partial charge in [-0.1, -0.05) is 13.0 Å². The van der Waals surface area contributed by atoms with Crippen LogP contribution in [0.1, 0.15) is 25.3 Å². The van der Waals surface area contributed by atoms with Gasteiger partial charge in [0.05, 0.1) is 17.1 Å². The van der Waals surface area contributed by atoms with Gasteiger partial charge in [0.15, 0.2) is 0 Å². The zero-order valence-electron chi connectivity index (χ0n) is 12.7. The Hall–Kier alpha value is -1.32. The molecule has 1 aliphatic heterocycles. The fraction of sp³-hybridized carbons (Fsp3) is 0.538. The Kier molecular flexibility index (Phi) is 4.98. The third-order valence-corrected chi connectivity index (χ3v) is 6.44. The first-order valence-electron chi connectivity index (χ1n) is 7.13. The standard InChI is InChI=1S/C13H21N3O4S2/c1-3-14-22(19,20)15-12-7-6-11(2)13(10-12)16-8-4-5-9-21(16,17)18/h6-7,10,14-15H,3-5,8-9H2,1-2H3. The lowest BCUT2D eigenvalue weighted by molar-refractivity contribution is 0.574. The Balaban J connectivity index is 2.35. The molecule has 1 aromatic rings. The molecule has 1 saturated heterocycles. The van der Waals surface area contributed by atoms with Gasteiger partial charge >= 0.3 is 0 Å². The van der Waals surface area contributed by atoms with E-state index in [2.05, 4.69) is 9.44 Å². The van der Waals surface area contributed by atoms with Crippen LogP contribution >= 0.6 is 0 Å². The minimum atomic E-state index is -3.64. The van der Waals surface area contributed by atoms with Gasteiger partial charge in [0.2, 0.25) is 10.0 Å². The molecule has 9 heteroatoms. The van der Waals surface area contributed by atoms with E-state index in [1.807, 2.05) is 6.92 Å². The number of hydrogen-bond donors (Lipinski definition) is 2. The summed E-state index contributed by atoms with van der Waals surface area (Å²) < 4.78 is 54.0. The molecule has 0 spiro atoms. The lowest BCUT2D eigenvalue weighted by Gasteiger charge is -2.29. The predicted octanol–water partition coefficient (Wildman–Crippen LogP) is 1.19. The molecule has 1 aromatic carbocycles. The summed E-state index contributed by atoms with van der Waals surface area (Å²) in [7, 11) is -6.97. The highest BCUT2D eigenvalue weighted by Gasteiger charge is 2.27. The van der Waals surface area contributed by atoms with Crippen LogP contribution in [-0.4, -0.2) is 35.7 Å². The van der Waals surface area contributed by atoms with Crippen LogP contribution in [0.25, 0.3) is 0 Å². The monoisotopic (exact) mass is 347 g/mol. The van der Waals surface area contributed by atoms with Crippen molar-refractivity contribution in [3.63, 3.8) is 0 Å². The number of sulfonamides is 1. The highest BCUT2D eigenvalue weighted by atomic mass is 32.2. The zero-order chi connectivity index (χ0) is 16.4. The molecule has 0 aromatic heterocycles. The molecule has 0 radical (unpaired) electrons. The van der Waals surface area contributed by atoms with Crippen molar-refractivity contribution in [2.24, 2.45) is 0 Å². The maximum absolute atomic E-state index is 12.2. The molecule has 0 amide bonds. The van der Waals surface area contributed by atoms with Crippen molar-refractivity contribution in [2.75, 3.05) is 27.9 Å². The molecule has 1 fully saturated rings. The lowest BCUT2D eigenvalue weighted by Crippen LogP contribution is -2.38. The summed E-state index contributed by atoms with van der Waals surface area (Å²) in [6, 6.07) is 4.89. The van der Waals surface area contributed by atoms with E-state index < -0.39 is 20.2 Å². The van der Waals surface area contributed by atoms with Gasteiger partial charge in [0, 0.05) is 13.1 Å². The molecule has 2 N–H and O–H groups in total. The maximum atomic E-state index is 12.2. The van der Waals surface area contributed by atoms with Crippen molar-refractivity contribution in [1.82, 2.24) is 4.72 Å². The number of nitrogens with zero attached hydrogens (tertiary/aromatic N) is 1. The van der Waals surface area contributed by atoms with E-state index in [0.717, 1.165) is 12.0 Å². The highest BCUT2D eigenvalue weighted by molar-refractivity contribution is 7.92. The van der Waals surface area contributed by atoms with Gasteiger partial charge in [-0.2, -0.15) is 13.1 Å². The Morgan fingerprint density at radius 1 is 1.27 bits per heavy atom. The molecular formula is C13H21N3O4S2. The molecule has 0 atom stereocenters. The molecule has 22 heavy (non-hydrogen) atoms. The van der Waals surface area contributed by atoms with Crippen LogP contribution in [0.4, 0.5) is 11.4 Å². The molecular weight excluding hydrogens is 326 g/mol. The van der Waals surface area contributed by atoms with Crippen molar-refractivity contribution >= 4 is 31.6 Å². The first-order valence-corrected chi connectivity index (χ1v) is 10.2. The van der Waals surface area contributed by atoms with Gasteiger partial charge in [-0.3, -0.25) is 9.03 Å². The van der Waals surface area contributed by atoms with Crippen LogP contribution < -0.4 is 13.7 Å². The van der Waals surface area contributed by atoms with Gasteiger partial charge in [-0.25, -0.2) is 8.42 Å². The Bertz CT molecular complexity index is 745. The highest BCUT2D eigenvalue weighted by Crippen LogP contribution is 2.29. The molecule has 2 rings (SSSR count). The van der Waals surface area contributed by atoms with Crippen LogP contribution in [-0.2, 0) is 20.2 Å². The van der Waals surface area contributed by atoms with Crippen molar-refractivity contribution in [1.29, 1.82) is 0 Å². The molecule has 0 bridgehead atoms.